The Hall–Kier alpha value is -5.06. The van der Waals surface area contributed by atoms with E-state index in [-0.39, 0.29) is 29.5 Å². The Morgan fingerprint density at radius 1 is 1.05 bits per heavy atom. The molecule has 3 aromatic carbocycles. The maximum Gasteiger partial charge on any atom is 0.242 e. The molecule has 1 heterocycles. The third kappa shape index (κ3) is 5.77. The number of imidazole rings is 1. The molecule has 5 rings (SSSR count). The Morgan fingerprint density at radius 3 is 2.48 bits per heavy atom. The van der Waals surface area contributed by atoms with E-state index in [0.717, 1.165) is 28.0 Å². The first-order valence-electron chi connectivity index (χ1n) is 14.4. The number of amides is 2. The van der Waals surface area contributed by atoms with Gasteiger partial charge in [-0.25, -0.2) is 4.98 Å². The quantitative estimate of drug-likeness (QED) is 0.264. The molecule has 0 saturated carbocycles. The van der Waals surface area contributed by atoms with Crippen molar-refractivity contribution in [1.29, 1.82) is 0 Å². The molecule has 11 heteroatoms. The fourth-order valence-corrected chi connectivity index (χ4v) is 5.80. The van der Waals surface area contributed by atoms with Crippen LogP contribution >= 0.6 is 0 Å². The van der Waals surface area contributed by atoms with E-state index in [1.165, 1.54) is 20.1 Å². The van der Waals surface area contributed by atoms with Crippen molar-refractivity contribution in [2.75, 3.05) is 26.6 Å². The van der Waals surface area contributed by atoms with Crippen LogP contribution in [-0.4, -0.2) is 48.7 Å². The lowest BCUT2D eigenvalue weighted by atomic mass is 9.95. The summed E-state index contributed by atoms with van der Waals surface area (Å²) in [5.74, 6) is 1.63. The van der Waals surface area contributed by atoms with Gasteiger partial charge in [0.25, 0.3) is 0 Å². The zero-order chi connectivity index (χ0) is 31.5. The molecule has 44 heavy (non-hydrogen) atoms. The number of fused-ring (bicyclic) bond motifs is 4. The van der Waals surface area contributed by atoms with Gasteiger partial charge in [0.2, 0.25) is 23.0 Å². The largest absolute Gasteiger partial charge is 0.493 e. The molecule has 0 unspecified atom stereocenters. The number of benzene rings is 2. The summed E-state index contributed by atoms with van der Waals surface area (Å²) in [5.41, 5.74) is 4.77. The highest BCUT2D eigenvalue weighted by Gasteiger charge is 2.29. The Morgan fingerprint density at radius 2 is 1.80 bits per heavy atom. The van der Waals surface area contributed by atoms with Crippen LogP contribution in [0, 0.1) is 0 Å². The van der Waals surface area contributed by atoms with Crippen molar-refractivity contribution < 1.29 is 23.8 Å². The van der Waals surface area contributed by atoms with E-state index in [2.05, 4.69) is 20.9 Å². The summed E-state index contributed by atoms with van der Waals surface area (Å²) >= 11 is 0. The fourth-order valence-electron chi connectivity index (χ4n) is 5.80. The molecule has 230 valence electrons. The molecule has 0 bridgehead atoms. The first-order valence-corrected chi connectivity index (χ1v) is 14.4. The molecule has 4 aromatic rings. The predicted octanol–water partition coefficient (Wildman–Crippen LogP) is 3.87. The van der Waals surface area contributed by atoms with Crippen LogP contribution in [0.15, 0.2) is 53.3 Å². The van der Waals surface area contributed by atoms with Crippen molar-refractivity contribution >= 4 is 28.5 Å². The van der Waals surface area contributed by atoms with Gasteiger partial charge in [-0.2, -0.15) is 0 Å². The summed E-state index contributed by atoms with van der Waals surface area (Å²) in [4.78, 5) is 43.5. The molecule has 2 atom stereocenters. The Balaban J connectivity index is 1.49. The number of rotatable bonds is 9. The van der Waals surface area contributed by atoms with Crippen molar-refractivity contribution in [1.82, 2.24) is 20.2 Å². The second-order valence-corrected chi connectivity index (χ2v) is 10.8. The van der Waals surface area contributed by atoms with Crippen LogP contribution in [0.4, 0.5) is 5.69 Å². The van der Waals surface area contributed by atoms with E-state index >= 15 is 0 Å². The van der Waals surface area contributed by atoms with Crippen LogP contribution in [0.25, 0.3) is 22.2 Å². The molecular weight excluding hydrogens is 562 g/mol. The number of hydrogen-bond donors (Lipinski definition) is 3. The fraction of sp³-hybridized carbons (Fsp3) is 0.333. The zero-order valence-corrected chi connectivity index (χ0v) is 25.7. The first kappa shape index (κ1) is 30.4. The number of ether oxygens (including phenoxy) is 3. The van der Waals surface area contributed by atoms with E-state index in [9.17, 15) is 14.4 Å². The molecule has 1 aliphatic carbocycles. The van der Waals surface area contributed by atoms with Gasteiger partial charge in [-0.1, -0.05) is 18.2 Å². The second kappa shape index (κ2) is 12.7. The third-order valence-corrected chi connectivity index (χ3v) is 7.98. The molecule has 0 saturated heterocycles. The summed E-state index contributed by atoms with van der Waals surface area (Å²) in [6, 6.07) is 13.5. The van der Waals surface area contributed by atoms with Crippen LogP contribution < -0.4 is 35.6 Å². The first-order chi connectivity index (χ1) is 21.2. The van der Waals surface area contributed by atoms with Gasteiger partial charge in [-0.15, -0.1) is 0 Å². The molecule has 0 fully saturated rings. The highest BCUT2D eigenvalue weighted by atomic mass is 16.5. The second-order valence-electron chi connectivity index (χ2n) is 10.8. The van der Waals surface area contributed by atoms with Gasteiger partial charge in [0.15, 0.2) is 11.5 Å². The average molecular weight is 600 g/mol. The van der Waals surface area contributed by atoms with E-state index in [0.29, 0.717) is 41.2 Å². The summed E-state index contributed by atoms with van der Waals surface area (Å²) in [5, 5.41) is 8.99. The summed E-state index contributed by atoms with van der Waals surface area (Å²) in [7, 11) is 6.56. The topological polar surface area (TPSA) is 133 Å². The van der Waals surface area contributed by atoms with Crippen molar-refractivity contribution in [2.45, 2.75) is 45.3 Å². The molecule has 0 spiro atoms. The van der Waals surface area contributed by atoms with E-state index in [1.54, 1.807) is 27.2 Å². The molecule has 1 aromatic heterocycles. The summed E-state index contributed by atoms with van der Waals surface area (Å²) < 4.78 is 19.0. The van der Waals surface area contributed by atoms with Crippen molar-refractivity contribution in [3.8, 4) is 28.4 Å². The monoisotopic (exact) mass is 599 g/mol. The van der Waals surface area contributed by atoms with Crippen LogP contribution in [0.1, 0.15) is 43.3 Å². The lowest BCUT2D eigenvalue weighted by Crippen LogP contribution is -2.38. The van der Waals surface area contributed by atoms with Crippen LogP contribution in [0.5, 0.6) is 17.2 Å². The third-order valence-electron chi connectivity index (χ3n) is 7.98. The maximum atomic E-state index is 13.6. The average Bonchev–Trinajstić information content (AvgIpc) is 3.15. The van der Waals surface area contributed by atoms with Crippen LogP contribution in [-0.2, 0) is 29.6 Å². The number of carbonyl (C=O) groups excluding carboxylic acids is 2. The normalized spacial score (nSPS) is 14.5. The van der Waals surface area contributed by atoms with Gasteiger partial charge in [0.05, 0.1) is 50.6 Å². The van der Waals surface area contributed by atoms with Gasteiger partial charge in [-0.05, 0) is 66.8 Å². The van der Waals surface area contributed by atoms with Crippen molar-refractivity contribution in [3.05, 3.63) is 75.7 Å². The standard InChI is InChI=1S/C33H37N5O6/c1-18(33(41)34-17-29-37-24-9-7-8-10-26(24)38(29)3)35-25-14-12-21-22(16-27(25)40)23(36-19(2)39)13-11-20-15-28(42-4)31(43-5)32(44-6)30(20)21/h7-10,12,14-16,18,23H,11,13,17H2,1-6H3,(H,34,41)(H,35,40)(H,36,39)/t18-,23-/m0/s1. The number of methoxy groups -OCH3 is 3. The van der Waals surface area contributed by atoms with Gasteiger partial charge < -0.3 is 34.7 Å². The molecule has 1 aliphatic rings. The molecule has 11 nitrogen and oxygen atoms in total. The zero-order valence-electron chi connectivity index (χ0n) is 25.7. The number of nitrogens with one attached hydrogen (secondary N) is 3. The van der Waals surface area contributed by atoms with Gasteiger partial charge in [-0.3, -0.25) is 14.4 Å². The Labute approximate surface area is 255 Å². The van der Waals surface area contributed by atoms with Crippen LogP contribution in [0.2, 0.25) is 0 Å². The van der Waals surface area contributed by atoms with Gasteiger partial charge in [0.1, 0.15) is 11.9 Å². The summed E-state index contributed by atoms with van der Waals surface area (Å²) in [6.07, 6.45) is 1.14. The molecule has 3 N–H and O–H groups in total. The molecular formula is C33H37N5O6. The maximum absolute atomic E-state index is 13.6. The number of aromatic nitrogens is 2. The van der Waals surface area contributed by atoms with E-state index in [1.807, 2.05) is 48.0 Å². The number of hydrogen-bond acceptors (Lipinski definition) is 8. The molecule has 0 radical (unpaired) electrons. The Bertz CT molecular complexity index is 1800. The smallest absolute Gasteiger partial charge is 0.242 e. The minimum Gasteiger partial charge on any atom is -0.493 e. The minimum atomic E-state index is -0.725. The van der Waals surface area contributed by atoms with E-state index in [4.69, 9.17) is 14.2 Å². The summed E-state index contributed by atoms with van der Waals surface area (Å²) in [6.45, 7) is 3.38. The predicted molar refractivity (Wildman–Crippen MR) is 168 cm³/mol. The van der Waals surface area contributed by atoms with Crippen molar-refractivity contribution in [3.63, 3.8) is 0 Å². The Kier molecular flexibility index (Phi) is 8.75. The number of para-hydroxylation sites is 2. The SMILES string of the molecule is COc1cc2c(c(OC)c1OC)-c1ccc(N[C@@H](C)C(=O)NCc3nc4ccccc4n3C)c(=O)cc1[C@@H](NC(C)=O)CC2. The number of anilines is 1. The van der Waals surface area contributed by atoms with Crippen LogP contribution in [0.3, 0.4) is 0 Å². The number of nitrogens with zero attached hydrogens (tertiary/aromatic N) is 2. The number of carbonyl (C=O) groups is 2. The molecule has 2 amide bonds. The van der Waals surface area contributed by atoms with Gasteiger partial charge in [0, 0.05) is 19.5 Å². The van der Waals surface area contributed by atoms with E-state index < -0.39 is 12.1 Å². The number of aryl methyl sites for hydroxylation is 2. The molecule has 0 aliphatic heterocycles. The van der Waals surface area contributed by atoms with Gasteiger partial charge >= 0.3 is 0 Å². The lowest BCUT2D eigenvalue weighted by Gasteiger charge is -2.19. The highest BCUT2D eigenvalue weighted by Crippen LogP contribution is 2.50. The highest BCUT2D eigenvalue weighted by molar-refractivity contribution is 5.86. The lowest BCUT2D eigenvalue weighted by molar-refractivity contribution is -0.122. The minimum absolute atomic E-state index is 0.211. The van der Waals surface area contributed by atoms with Crippen molar-refractivity contribution in [2.24, 2.45) is 7.05 Å².